The number of hydrogen-bond acceptors (Lipinski definition) is 4. The van der Waals surface area contributed by atoms with Crippen molar-refractivity contribution in [3.8, 4) is 34.1 Å². The van der Waals surface area contributed by atoms with E-state index in [-0.39, 0.29) is 0 Å². The molecule has 0 saturated carbocycles. The zero-order valence-corrected chi connectivity index (χ0v) is 16.1. The van der Waals surface area contributed by atoms with E-state index in [9.17, 15) is 0 Å². The Hall–Kier alpha value is -3.86. The number of aromatic nitrogens is 3. The number of H-pyrrole nitrogens is 1. The molecular formula is C24H19N3O2. The molecule has 5 rings (SSSR count). The zero-order chi connectivity index (χ0) is 19.8. The minimum atomic E-state index is 0.706. The average molecular weight is 381 g/mol. The molecule has 0 bridgehead atoms. The number of rotatable bonds is 4. The highest BCUT2D eigenvalue weighted by atomic mass is 16.5. The Kier molecular flexibility index (Phi) is 4.13. The van der Waals surface area contributed by atoms with E-state index in [0.29, 0.717) is 11.5 Å². The minimum Gasteiger partial charge on any atom is -0.497 e. The number of pyridine rings is 1. The van der Waals surface area contributed by atoms with E-state index >= 15 is 0 Å². The Morgan fingerprint density at radius 1 is 0.759 bits per heavy atom. The molecule has 0 unspecified atom stereocenters. The predicted molar refractivity (Wildman–Crippen MR) is 115 cm³/mol. The van der Waals surface area contributed by atoms with Gasteiger partial charge in [-0.1, -0.05) is 42.5 Å². The van der Waals surface area contributed by atoms with Gasteiger partial charge < -0.3 is 14.5 Å². The summed E-state index contributed by atoms with van der Waals surface area (Å²) in [7, 11) is 3.29. The fraction of sp³-hybridized carbons (Fsp3) is 0.0833. The summed E-state index contributed by atoms with van der Waals surface area (Å²) in [4.78, 5) is 13.2. The van der Waals surface area contributed by atoms with E-state index in [1.165, 1.54) is 0 Å². The van der Waals surface area contributed by atoms with Crippen molar-refractivity contribution in [1.29, 1.82) is 0 Å². The number of hydrogen-bond donors (Lipinski definition) is 1. The van der Waals surface area contributed by atoms with Crippen LogP contribution in [0.4, 0.5) is 0 Å². The molecule has 29 heavy (non-hydrogen) atoms. The summed E-state index contributed by atoms with van der Waals surface area (Å²) in [6, 6.07) is 24.0. The normalized spacial score (nSPS) is 11.1. The van der Waals surface area contributed by atoms with Crippen LogP contribution in [0.1, 0.15) is 0 Å². The average Bonchev–Trinajstić information content (AvgIpc) is 3.22. The Balaban J connectivity index is 1.84. The molecular weight excluding hydrogens is 362 g/mol. The highest BCUT2D eigenvalue weighted by Gasteiger charge is 2.17. The van der Waals surface area contributed by atoms with Crippen molar-refractivity contribution in [2.45, 2.75) is 0 Å². The van der Waals surface area contributed by atoms with Crippen LogP contribution in [0.3, 0.4) is 0 Å². The van der Waals surface area contributed by atoms with Gasteiger partial charge in [0.1, 0.15) is 17.3 Å². The van der Waals surface area contributed by atoms with Crippen LogP contribution >= 0.6 is 0 Å². The van der Waals surface area contributed by atoms with E-state index in [0.717, 1.165) is 44.6 Å². The highest BCUT2D eigenvalue weighted by molar-refractivity contribution is 5.95. The Morgan fingerprint density at radius 3 is 2.31 bits per heavy atom. The molecule has 2 aromatic heterocycles. The summed E-state index contributed by atoms with van der Waals surface area (Å²) >= 11 is 0. The molecule has 0 amide bonds. The Bertz CT molecular complexity index is 1290. The summed E-state index contributed by atoms with van der Waals surface area (Å²) in [6.07, 6.45) is 0. The third-order valence-corrected chi connectivity index (χ3v) is 5.02. The van der Waals surface area contributed by atoms with Gasteiger partial charge in [0.15, 0.2) is 0 Å². The van der Waals surface area contributed by atoms with Crippen LogP contribution in [0.15, 0.2) is 72.8 Å². The van der Waals surface area contributed by atoms with Crippen LogP contribution in [-0.2, 0) is 0 Å². The second-order valence-corrected chi connectivity index (χ2v) is 6.75. The molecule has 0 radical (unpaired) electrons. The van der Waals surface area contributed by atoms with Gasteiger partial charge in [0.2, 0.25) is 0 Å². The topological polar surface area (TPSA) is 60.0 Å². The fourth-order valence-electron chi connectivity index (χ4n) is 3.58. The van der Waals surface area contributed by atoms with Crippen LogP contribution in [0.2, 0.25) is 0 Å². The first-order valence-electron chi connectivity index (χ1n) is 9.34. The summed E-state index contributed by atoms with van der Waals surface area (Å²) in [6.45, 7) is 0. The van der Waals surface area contributed by atoms with E-state index < -0.39 is 0 Å². The van der Waals surface area contributed by atoms with Crippen molar-refractivity contribution in [1.82, 2.24) is 15.0 Å². The molecule has 5 aromatic rings. The van der Waals surface area contributed by atoms with E-state index in [2.05, 4.69) is 23.2 Å². The molecule has 0 aliphatic rings. The molecule has 5 heteroatoms. The lowest BCUT2D eigenvalue weighted by Crippen LogP contribution is -1.95. The predicted octanol–water partition coefficient (Wildman–Crippen LogP) is 5.46. The standard InChI is InChI=1S/C24H19N3O2/c1-28-16-12-21-17(22(13-16)29-2)14-18(23(25-21)15-8-4-3-5-9-15)24-26-19-10-6-7-11-20(19)27-24/h3-14H,1-2H3,(H,26,27). The molecule has 0 atom stereocenters. The largest absolute Gasteiger partial charge is 0.497 e. The monoisotopic (exact) mass is 381 g/mol. The number of para-hydroxylation sites is 2. The van der Waals surface area contributed by atoms with Gasteiger partial charge in [-0.25, -0.2) is 9.97 Å². The highest BCUT2D eigenvalue weighted by Crippen LogP contribution is 2.37. The van der Waals surface area contributed by atoms with Crippen LogP contribution in [0.25, 0.3) is 44.6 Å². The van der Waals surface area contributed by atoms with Gasteiger partial charge in [-0.3, -0.25) is 0 Å². The van der Waals surface area contributed by atoms with Crippen molar-refractivity contribution in [3.63, 3.8) is 0 Å². The summed E-state index contributed by atoms with van der Waals surface area (Å²) < 4.78 is 11.0. The Morgan fingerprint density at radius 2 is 1.55 bits per heavy atom. The first-order valence-corrected chi connectivity index (χ1v) is 9.34. The van der Waals surface area contributed by atoms with Gasteiger partial charge in [0, 0.05) is 28.6 Å². The molecule has 0 fully saturated rings. The zero-order valence-electron chi connectivity index (χ0n) is 16.1. The number of imidazole rings is 1. The summed E-state index contributed by atoms with van der Waals surface area (Å²) in [5.74, 6) is 2.19. The van der Waals surface area contributed by atoms with Crippen molar-refractivity contribution >= 4 is 21.9 Å². The number of nitrogens with zero attached hydrogens (tertiary/aromatic N) is 2. The van der Waals surface area contributed by atoms with Crippen molar-refractivity contribution in [3.05, 3.63) is 72.8 Å². The number of ether oxygens (including phenoxy) is 2. The minimum absolute atomic E-state index is 0.706. The lowest BCUT2D eigenvalue weighted by atomic mass is 10.0. The SMILES string of the molecule is COc1cc(OC)c2cc(-c3nc4ccccc4[nH]3)c(-c3ccccc3)nc2c1. The van der Waals surface area contributed by atoms with Gasteiger partial charge >= 0.3 is 0 Å². The maximum atomic E-state index is 5.61. The second kappa shape index (κ2) is 6.95. The van der Waals surface area contributed by atoms with Gasteiger partial charge in [0.25, 0.3) is 0 Å². The van der Waals surface area contributed by atoms with Gasteiger partial charge in [-0.05, 0) is 18.2 Å². The summed E-state index contributed by atoms with van der Waals surface area (Å²) in [5, 5.41) is 0.906. The van der Waals surface area contributed by atoms with Crippen LogP contribution in [0.5, 0.6) is 11.5 Å². The third kappa shape index (κ3) is 2.97. The maximum absolute atomic E-state index is 5.61. The summed E-state index contributed by atoms with van der Waals surface area (Å²) in [5.41, 5.74) is 5.51. The number of fused-ring (bicyclic) bond motifs is 2. The number of methoxy groups -OCH3 is 2. The molecule has 0 aliphatic heterocycles. The molecule has 3 aromatic carbocycles. The lowest BCUT2D eigenvalue weighted by Gasteiger charge is -2.13. The van der Waals surface area contributed by atoms with Gasteiger partial charge in [-0.2, -0.15) is 0 Å². The Labute approximate surface area is 168 Å². The number of aromatic amines is 1. The molecule has 5 nitrogen and oxygen atoms in total. The smallest absolute Gasteiger partial charge is 0.140 e. The van der Waals surface area contributed by atoms with E-state index in [1.54, 1.807) is 14.2 Å². The van der Waals surface area contributed by atoms with Gasteiger partial charge in [-0.15, -0.1) is 0 Å². The van der Waals surface area contributed by atoms with Crippen molar-refractivity contribution < 1.29 is 9.47 Å². The fourth-order valence-corrected chi connectivity index (χ4v) is 3.58. The first kappa shape index (κ1) is 17.3. The lowest BCUT2D eigenvalue weighted by molar-refractivity contribution is 0.398. The number of benzene rings is 3. The van der Waals surface area contributed by atoms with Crippen LogP contribution in [-0.4, -0.2) is 29.2 Å². The van der Waals surface area contributed by atoms with Crippen LogP contribution in [0, 0.1) is 0 Å². The molecule has 1 N–H and O–H groups in total. The van der Waals surface area contributed by atoms with Crippen molar-refractivity contribution in [2.75, 3.05) is 14.2 Å². The number of nitrogens with one attached hydrogen (secondary N) is 1. The molecule has 0 spiro atoms. The quantitative estimate of drug-likeness (QED) is 0.449. The van der Waals surface area contributed by atoms with Crippen LogP contribution < -0.4 is 9.47 Å². The maximum Gasteiger partial charge on any atom is 0.140 e. The second-order valence-electron chi connectivity index (χ2n) is 6.75. The van der Waals surface area contributed by atoms with E-state index in [4.69, 9.17) is 19.4 Å². The first-order chi connectivity index (χ1) is 14.3. The molecule has 2 heterocycles. The van der Waals surface area contributed by atoms with Gasteiger partial charge in [0.05, 0.1) is 36.5 Å². The molecule has 0 saturated heterocycles. The molecule has 142 valence electrons. The van der Waals surface area contributed by atoms with Crippen molar-refractivity contribution in [2.24, 2.45) is 0 Å². The molecule has 0 aliphatic carbocycles. The van der Waals surface area contributed by atoms with E-state index in [1.807, 2.05) is 54.6 Å². The third-order valence-electron chi connectivity index (χ3n) is 5.02.